The normalized spacial score (nSPS) is 10.6. The molecule has 0 aliphatic carbocycles. The van der Waals surface area contributed by atoms with E-state index in [1.165, 1.54) is 0 Å². The molecule has 0 radical (unpaired) electrons. The van der Waals surface area contributed by atoms with E-state index in [4.69, 9.17) is 9.47 Å². The summed E-state index contributed by atoms with van der Waals surface area (Å²) in [6, 6.07) is 40.4. The Labute approximate surface area is 229 Å². The van der Waals surface area contributed by atoms with Crippen LogP contribution in [0.5, 0.6) is 23.0 Å². The zero-order chi connectivity index (χ0) is 27.7. The number of anilines is 2. The molecule has 0 spiro atoms. The van der Waals surface area contributed by atoms with Gasteiger partial charge in [-0.15, -0.1) is 0 Å². The Balaban J connectivity index is 0.000000187. The smallest absolute Gasteiger partial charge is 0.142 e. The molecule has 0 aliphatic heterocycles. The van der Waals surface area contributed by atoms with Gasteiger partial charge in [0.1, 0.15) is 23.0 Å². The van der Waals surface area contributed by atoms with E-state index >= 15 is 0 Å². The number of phenols is 2. The van der Waals surface area contributed by atoms with Gasteiger partial charge in [-0.3, -0.25) is 0 Å². The Bertz CT molecular complexity index is 1370. The molecule has 0 aliphatic rings. The van der Waals surface area contributed by atoms with Gasteiger partial charge in [0.25, 0.3) is 0 Å². The molecule has 0 amide bonds. The fourth-order valence-electron chi connectivity index (χ4n) is 4.50. The Hall–Kier alpha value is -4.90. The highest BCUT2D eigenvalue weighted by molar-refractivity contribution is 5.70. The van der Waals surface area contributed by atoms with Crippen LogP contribution in [0, 0.1) is 0 Å². The second kappa shape index (κ2) is 12.6. The molecule has 39 heavy (non-hydrogen) atoms. The third-order valence-electron chi connectivity index (χ3n) is 6.72. The van der Waals surface area contributed by atoms with Crippen LogP contribution in [-0.2, 0) is 5.41 Å². The maximum absolute atomic E-state index is 9.57. The lowest BCUT2D eigenvalue weighted by molar-refractivity contribution is 0.414. The summed E-state index contributed by atoms with van der Waals surface area (Å²) in [5.74, 6) is 2.12. The standard InChI is InChI=1S/C20H18O2.C14H15NO2/c1-20(15-5-3-2-4-6-15,16-7-11-18(21)12-8-16)17-9-13-19(22)14-10-17;1-16-13-9-5-3-7-11(13)15-12-8-4-6-10-14(12)17-2/h2-14,21-22H,1H3;3-10,15H,1-2H3. The van der Waals surface area contributed by atoms with Crippen LogP contribution in [-0.4, -0.2) is 24.4 Å². The maximum Gasteiger partial charge on any atom is 0.142 e. The molecule has 5 nitrogen and oxygen atoms in total. The lowest BCUT2D eigenvalue weighted by atomic mass is 9.71. The molecule has 5 aromatic carbocycles. The summed E-state index contributed by atoms with van der Waals surface area (Å²) < 4.78 is 10.6. The molecule has 0 aromatic heterocycles. The van der Waals surface area contributed by atoms with Gasteiger partial charge >= 0.3 is 0 Å². The molecule has 0 heterocycles. The number of methoxy groups -OCH3 is 2. The van der Waals surface area contributed by atoms with Crippen LogP contribution in [0.3, 0.4) is 0 Å². The molecule has 0 atom stereocenters. The first kappa shape index (κ1) is 27.1. The second-order valence-electron chi connectivity index (χ2n) is 9.11. The van der Waals surface area contributed by atoms with Crippen LogP contribution >= 0.6 is 0 Å². The van der Waals surface area contributed by atoms with Gasteiger partial charge in [0, 0.05) is 5.41 Å². The molecule has 0 unspecified atom stereocenters. The lowest BCUT2D eigenvalue weighted by Crippen LogP contribution is -2.25. The van der Waals surface area contributed by atoms with Crippen LogP contribution in [0.15, 0.2) is 127 Å². The predicted octanol–water partition coefficient (Wildman–Crippen LogP) is 7.90. The van der Waals surface area contributed by atoms with Gasteiger partial charge in [-0.2, -0.15) is 0 Å². The first-order chi connectivity index (χ1) is 19.0. The van der Waals surface area contributed by atoms with Crippen molar-refractivity contribution in [1.29, 1.82) is 0 Å². The lowest BCUT2D eigenvalue weighted by Gasteiger charge is -2.32. The SMILES string of the molecule is CC(c1ccccc1)(c1ccc(O)cc1)c1ccc(O)cc1.COc1ccccc1Nc1ccccc1OC. The molecular formula is C34H33NO4. The third kappa shape index (κ3) is 6.33. The zero-order valence-electron chi connectivity index (χ0n) is 22.3. The van der Waals surface area contributed by atoms with E-state index in [-0.39, 0.29) is 16.9 Å². The van der Waals surface area contributed by atoms with Crippen LogP contribution in [0.2, 0.25) is 0 Å². The summed E-state index contributed by atoms with van der Waals surface area (Å²) in [5.41, 5.74) is 4.80. The average molecular weight is 520 g/mol. The molecule has 5 rings (SSSR count). The topological polar surface area (TPSA) is 71.0 Å². The van der Waals surface area contributed by atoms with E-state index in [2.05, 4.69) is 24.4 Å². The van der Waals surface area contributed by atoms with Crippen molar-refractivity contribution >= 4 is 11.4 Å². The molecule has 3 N–H and O–H groups in total. The van der Waals surface area contributed by atoms with E-state index in [0.717, 1.165) is 39.6 Å². The van der Waals surface area contributed by atoms with Gasteiger partial charge in [-0.25, -0.2) is 0 Å². The highest BCUT2D eigenvalue weighted by Gasteiger charge is 2.31. The van der Waals surface area contributed by atoms with Gasteiger partial charge in [-0.1, -0.05) is 78.9 Å². The molecular weight excluding hydrogens is 486 g/mol. The van der Waals surface area contributed by atoms with Crippen LogP contribution < -0.4 is 14.8 Å². The van der Waals surface area contributed by atoms with Crippen molar-refractivity contribution in [2.24, 2.45) is 0 Å². The quantitative estimate of drug-likeness (QED) is 0.191. The predicted molar refractivity (Wildman–Crippen MR) is 157 cm³/mol. The Morgan fingerprint density at radius 1 is 0.487 bits per heavy atom. The summed E-state index contributed by atoms with van der Waals surface area (Å²) in [4.78, 5) is 0. The van der Waals surface area contributed by atoms with E-state index < -0.39 is 0 Å². The van der Waals surface area contributed by atoms with Crippen LogP contribution in [0.1, 0.15) is 23.6 Å². The Morgan fingerprint density at radius 2 is 0.846 bits per heavy atom. The Morgan fingerprint density at radius 3 is 1.26 bits per heavy atom. The monoisotopic (exact) mass is 519 g/mol. The first-order valence-electron chi connectivity index (χ1n) is 12.6. The van der Waals surface area contributed by atoms with Crippen LogP contribution in [0.4, 0.5) is 11.4 Å². The molecule has 0 saturated carbocycles. The first-order valence-corrected chi connectivity index (χ1v) is 12.6. The Kier molecular flexibility index (Phi) is 8.75. The third-order valence-corrected chi connectivity index (χ3v) is 6.72. The van der Waals surface area contributed by atoms with Crippen molar-refractivity contribution in [2.75, 3.05) is 19.5 Å². The minimum atomic E-state index is -0.358. The van der Waals surface area contributed by atoms with Crippen molar-refractivity contribution in [3.05, 3.63) is 144 Å². The molecule has 0 saturated heterocycles. The number of hydrogen-bond acceptors (Lipinski definition) is 5. The summed E-state index contributed by atoms with van der Waals surface area (Å²) in [5, 5.41) is 22.4. The number of phenolic OH excluding ortho intramolecular Hbond substituents is 2. The number of ether oxygens (including phenoxy) is 2. The summed E-state index contributed by atoms with van der Waals surface area (Å²) in [7, 11) is 3.31. The molecule has 0 fully saturated rings. The van der Waals surface area contributed by atoms with Gasteiger partial charge in [-0.05, 0) is 72.1 Å². The van der Waals surface area contributed by atoms with Crippen molar-refractivity contribution in [1.82, 2.24) is 0 Å². The van der Waals surface area contributed by atoms with E-state index in [9.17, 15) is 10.2 Å². The van der Waals surface area contributed by atoms with E-state index in [0.29, 0.717) is 0 Å². The number of aromatic hydroxyl groups is 2. The fourth-order valence-corrected chi connectivity index (χ4v) is 4.50. The van der Waals surface area contributed by atoms with E-state index in [1.807, 2.05) is 91.0 Å². The summed E-state index contributed by atoms with van der Waals surface area (Å²) in [6.07, 6.45) is 0. The van der Waals surface area contributed by atoms with Crippen molar-refractivity contribution in [2.45, 2.75) is 12.3 Å². The van der Waals surface area contributed by atoms with Gasteiger partial charge in [0.15, 0.2) is 0 Å². The highest BCUT2D eigenvalue weighted by atomic mass is 16.5. The number of para-hydroxylation sites is 4. The van der Waals surface area contributed by atoms with Crippen molar-refractivity contribution in [3.63, 3.8) is 0 Å². The number of rotatable bonds is 7. The number of hydrogen-bond donors (Lipinski definition) is 3. The van der Waals surface area contributed by atoms with Crippen LogP contribution in [0.25, 0.3) is 0 Å². The van der Waals surface area contributed by atoms with Crippen molar-refractivity contribution < 1.29 is 19.7 Å². The van der Waals surface area contributed by atoms with Gasteiger partial charge in [0.2, 0.25) is 0 Å². The average Bonchev–Trinajstić information content (AvgIpc) is 2.99. The minimum absolute atomic E-state index is 0.255. The van der Waals surface area contributed by atoms with E-state index in [1.54, 1.807) is 38.5 Å². The maximum atomic E-state index is 9.57. The summed E-state index contributed by atoms with van der Waals surface area (Å²) >= 11 is 0. The molecule has 5 aromatic rings. The number of nitrogens with one attached hydrogen (secondary N) is 1. The van der Waals surface area contributed by atoms with Gasteiger partial charge in [0.05, 0.1) is 25.6 Å². The minimum Gasteiger partial charge on any atom is -0.508 e. The largest absolute Gasteiger partial charge is 0.508 e. The molecule has 198 valence electrons. The number of benzene rings is 5. The fraction of sp³-hybridized carbons (Fsp3) is 0.118. The molecule has 5 heteroatoms. The highest BCUT2D eigenvalue weighted by Crippen LogP contribution is 2.39. The second-order valence-corrected chi connectivity index (χ2v) is 9.11. The van der Waals surface area contributed by atoms with Crippen molar-refractivity contribution in [3.8, 4) is 23.0 Å². The molecule has 0 bridgehead atoms. The van der Waals surface area contributed by atoms with Gasteiger partial charge < -0.3 is 25.0 Å². The summed E-state index contributed by atoms with van der Waals surface area (Å²) in [6.45, 7) is 2.15. The zero-order valence-corrected chi connectivity index (χ0v) is 22.3.